The van der Waals surface area contributed by atoms with Crippen molar-refractivity contribution >= 4 is 15.9 Å². The van der Waals surface area contributed by atoms with Gasteiger partial charge in [-0.3, -0.25) is 4.79 Å². The maximum atomic E-state index is 12.4. The molecule has 2 saturated heterocycles. The van der Waals surface area contributed by atoms with E-state index in [9.17, 15) is 13.2 Å². The van der Waals surface area contributed by atoms with Crippen LogP contribution < -0.4 is 10.6 Å². The number of nitrogens with zero attached hydrogens (tertiary/aromatic N) is 1. The second kappa shape index (κ2) is 6.37. The van der Waals surface area contributed by atoms with E-state index in [4.69, 9.17) is 9.15 Å². The molecule has 2 aliphatic rings. The Balaban J connectivity index is 1.70. The Kier molecular flexibility index (Phi) is 4.48. The third kappa shape index (κ3) is 3.17. The first-order valence-corrected chi connectivity index (χ1v) is 8.71. The molecule has 1 aromatic rings. The number of rotatable bonds is 4. The zero-order valence-electron chi connectivity index (χ0n) is 12.1. The molecule has 8 nitrogen and oxygen atoms in total. The zero-order valence-corrected chi connectivity index (χ0v) is 12.9. The fourth-order valence-corrected chi connectivity index (χ4v) is 3.85. The number of carbonyl (C=O) groups excluding carboxylic acids is 1. The van der Waals surface area contributed by atoms with Gasteiger partial charge in [-0.2, -0.15) is 4.31 Å². The summed E-state index contributed by atoms with van der Waals surface area (Å²) in [6.45, 7) is 2.88. The van der Waals surface area contributed by atoms with Gasteiger partial charge in [0, 0.05) is 25.7 Å². The van der Waals surface area contributed by atoms with Crippen molar-refractivity contribution in [1.29, 1.82) is 0 Å². The van der Waals surface area contributed by atoms with Crippen LogP contribution in [-0.4, -0.2) is 64.1 Å². The number of nitrogens with one attached hydrogen (secondary N) is 2. The van der Waals surface area contributed by atoms with Gasteiger partial charge in [-0.05, 0) is 25.1 Å². The number of carbonyl (C=O) groups is 1. The molecule has 3 rings (SSSR count). The summed E-state index contributed by atoms with van der Waals surface area (Å²) in [5.74, 6) is -0.379. The Labute approximate surface area is 128 Å². The van der Waals surface area contributed by atoms with E-state index >= 15 is 0 Å². The number of ether oxygens (including phenoxy) is 1. The minimum absolute atomic E-state index is 0.0127. The van der Waals surface area contributed by atoms with Gasteiger partial charge in [0.05, 0.1) is 13.2 Å². The molecule has 1 unspecified atom stereocenters. The van der Waals surface area contributed by atoms with Gasteiger partial charge >= 0.3 is 0 Å². The van der Waals surface area contributed by atoms with Gasteiger partial charge in [-0.15, -0.1) is 0 Å². The van der Waals surface area contributed by atoms with Crippen LogP contribution in [0, 0.1) is 0 Å². The smallest absolute Gasteiger partial charge is 0.287 e. The maximum Gasteiger partial charge on any atom is 0.287 e. The molecule has 2 N–H and O–H groups in total. The standard InChI is InChI=1S/C13H19N3O5S/c17-13(15-10-3-4-14-9-10)11-1-2-12(21-11)22(18,19)16-5-7-20-8-6-16/h1-2,10,14H,3-9H2,(H,15,17). The van der Waals surface area contributed by atoms with Crippen molar-refractivity contribution in [2.75, 3.05) is 39.4 Å². The second-order valence-corrected chi connectivity index (χ2v) is 7.17. The monoisotopic (exact) mass is 329 g/mol. The van der Waals surface area contributed by atoms with Crippen LogP contribution in [0.25, 0.3) is 0 Å². The van der Waals surface area contributed by atoms with Gasteiger partial charge in [-0.25, -0.2) is 8.42 Å². The average Bonchev–Trinajstić information content (AvgIpc) is 3.19. The molecule has 22 heavy (non-hydrogen) atoms. The topological polar surface area (TPSA) is 101 Å². The molecule has 1 aromatic heterocycles. The molecule has 0 aromatic carbocycles. The fourth-order valence-electron chi connectivity index (χ4n) is 2.53. The number of hydrogen-bond acceptors (Lipinski definition) is 6. The molecule has 3 heterocycles. The van der Waals surface area contributed by atoms with Crippen LogP contribution in [0.2, 0.25) is 0 Å². The minimum Gasteiger partial charge on any atom is -0.438 e. The molecular weight excluding hydrogens is 310 g/mol. The highest BCUT2D eigenvalue weighted by molar-refractivity contribution is 7.89. The summed E-state index contributed by atoms with van der Waals surface area (Å²) >= 11 is 0. The Morgan fingerprint density at radius 3 is 2.77 bits per heavy atom. The second-order valence-electron chi connectivity index (χ2n) is 5.30. The van der Waals surface area contributed by atoms with Gasteiger partial charge in [0.2, 0.25) is 5.09 Å². The third-order valence-corrected chi connectivity index (χ3v) is 5.54. The van der Waals surface area contributed by atoms with E-state index in [1.807, 2.05) is 0 Å². The van der Waals surface area contributed by atoms with Crippen molar-refractivity contribution in [2.45, 2.75) is 17.6 Å². The van der Waals surface area contributed by atoms with E-state index in [0.717, 1.165) is 13.0 Å². The summed E-state index contributed by atoms with van der Waals surface area (Å²) in [7, 11) is -3.71. The van der Waals surface area contributed by atoms with Crippen molar-refractivity contribution in [1.82, 2.24) is 14.9 Å². The van der Waals surface area contributed by atoms with E-state index < -0.39 is 15.9 Å². The lowest BCUT2D eigenvalue weighted by molar-refractivity contribution is 0.0722. The van der Waals surface area contributed by atoms with Gasteiger partial charge in [-0.1, -0.05) is 0 Å². The van der Waals surface area contributed by atoms with E-state index in [1.165, 1.54) is 16.4 Å². The number of furan rings is 1. The molecule has 1 amide bonds. The molecule has 0 aliphatic carbocycles. The summed E-state index contributed by atoms with van der Waals surface area (Å²) in [6, 6.07) is 2.77. The van der Waals surface area contributed by atoms with Crippen LogP contribution in [-0.2, 0) is 14.8 Å². The predicted octanol–water partition coefficient (Wildman–Crippen LogP) is -0.608. The van der Waals surface area contributed by atoms with Crippen LogP contribution in [0.5, 0.6) is 0 Å². The molecule has 2 fully saturated rings. The average molecular weight is 329 g/mol. The SMILES string of the molecule is O=C(NC1CCNC1)c1ccc(S(=O)(=O)N2CCOCC2)o1. The molecule has 122 valence electrons. The maximum absolute atomic E-state index is 12.4. The molecule has 0 radical (unpaired) electrons. The predicted molar refractivity (Wildman–Crippen MR) is 77.0 cm³/mol. The number of amides is 1. The number of morpholine rings is 1. The lowest BCUT2D eigenvalue weighted by Gasteiger charge is -2.24. The normalized spacial score (nSPS) is 23.5. The Morgan fingerprint density at radius 1 is 1.32 bits per heavy atom. The lowest BCUT2D eigenvalue weighted by Crippen LogP contribution is -2.40. The number of hydrogen-bond donors (Lipinski definition) is 2. The molecule has 9 heteroatoms. The fraction of sp³-hybridized carbons (Fsp3) is 0.615. The van der Waals surface area contributed by atoms with Crippen molar-refractivity contribution in [3.63, 3.8) is 0 Å². The van der Waals surface area contributed by atoms with E-state index in [0.29, 0.717) is 19.8 Å². The van der Waals surface area contributed by atoms with E-state index in [-0.39, 0.29) is 30.0 Å². The van der Waals surface area contributed by atoms with Crippen LogP contribution in [0.15, 0.2) is 21.6 Å². The first-order chi connectivity index (χ1) is 10.6. The largest absolute Gasteiger partial charge is 0.438 e. The van der Waals surface area contributed by atoms with Crippen LogP contribution in [0.3, 0.4) is 0 Å². The van der Waals surface area contributed by atoms with Crippen molar-refractivity contribution < 1.29 is 22.4 Å². The zero-order chi connectivity index (χ0) is 15.6. The lowest BCUT2D eigenvalue weighted by atomic mass is 10.2. The van der Waals surface area contributed by atoms with Crippen LogP contribution in [0.4, 0.5) is 0 Å². The van der Waals surface area contributed by atoms with Crippen LogP contribution >= 0.6 is 0 Å². The Morgan fingerprint density at radius 2 is 2.09 bits per heavy atom. The molecule has 0 bridgehead atoms. The summed E-state index contributed by atoms with van der Waals surface area (Å²) in [6.07, 6.45) is 0.853. The van der Waals surface area contributed by atoms with Gasteiger partial charge in [0.15, 0.2) is 5.76 Å². The van der Waals surface area contributed by atoms with Gasteiger partial charge in [0.1, 0.15) is 0 Å². The molecule has 0 saturated carbocycles. The summed E-state index contributed by atoms with van der Waals surface area (Å²) in [5.41, 5.74) is 0. The first kappa shape index (κ1) is 15.5. The van der Waals surface area contributed by atoms with Gasteiger partial charge in [0.25, 0.3) is 15.9 Å². The third-order valence-electron chi connectivity index (χ3n) is 3.76. The molecule has 2 aliphatic heterocycles. The highest BCUT2D eigenvalue weighted by Crippen LogP contribution is 2.20. The van der Waals surface area contributed by atoms with Gasteiger partial charge < -0.3 is 19.8 Å². The van der Waals surface area contributed by atoms with E-state index in [1.54, 1.807) is 0 Å². The van der Waals surface area contributed by atoms with Crippen molar-refractivity contribution in [2.24, 2.45) is 0 Å². The first-order valence-electron chi connectivity index (χ1n) is 7.27. The molecule has 0 spiro atoms. The van der Waals surface area contributed by atoms with Crippen molar-refractivity contribution in [3.05, 3.63) is 17.9 Å². The molecule has 1 atom stereocenters. The Bertz CT molecular complexity index is 630. The highest BCUT2D eigenvalue weighted by atomic mass is 32.2. The summed E-state index contributed by atoms with van der Waals surface area (Å²) < 4.78 is 36.5. The minimum atomic E-state index is -3.71. The molecular formula is C13H19N3O5S. The quantitative estimate of drug-likeness (QED) is 0.764. The van der Waals surface area contributed by atoms with E-state index in [2.05, 4.69) is 10.6 Å². The number of sulfonamides is 1. The summed E-state index contributed by atoms with van der Waals surface area (Å²) in [5, 5.41) is 5.75. The van der Waals surface area contributed by atoms with Crippen molar-refractivity contribution in [3.8, 4) is 0 Å². The highest BCUT2D eigenvalue weighted by Gasteiger charge is 2.30. The Hall–Kier alpha value is -1.42. The summed E-state index contributed by atoms with van der Waals surface area (Å²) in [4.78, 5) is 12.1. The van der Waals surface area contributed by atoms with Crippen LogP contribution in [0.1, 0.15) is 17.0 Å².